The van der Waals surface area contributed by atoms with E-state index < -0.39 is 0 Å². The van der Waals surface area contributed by atoms with Gasteiger partial charge in [-0.2, -0.15) is 0 Å². The van der Waals surface area contributed by atoms with Crippen molar-refractivity contribution in [3.63, 3.8) is 0 Å². The Labute approximate surface area is 109 Å². The van der Waals surface area contributed by atoms with E-state index in [1.165, 1.54) is 19.3 Å². The van der Waals surface area contributed by atoms with Crippen LogP contribution in [0.15, 0.2) is 10.6 Å². The molecular formula is C14H24N2O2. The Morgan fingerprint density at radius 1 is 1.33 bits per heavy atom. The number of hydrogen-bond donors (Lipinski definition) is 1. The van der Waals surface area contributed by atoms with E-state index in [-0.39, 0.29) is 0 Å². The van der Waals surface area contributed by atoms with Crippen LogP contribution in [0.5, 0.6) is 0 Å². The highest BCUT2D eigenvalue weighted by atomic mass is 16.5. The van der Waals surface area contributed by atoms with Gasteiger partial charge in [-0.15, -0.1) is 0 Å². The molecule has 1 aromatic rings. The van der Waals surface area contributed by atoms with E-state index in [2.05, 4.69) is 24.3 Å². The molecule has 2 unspecified atom stereocenters. The second-order valence-corrected chi connectivity index (χ2v) is 5.67. The third kappa shape index (κ3) is 3.82. The average Bonchev–Trinajstić information content (AvgIpc) is 2.74. The van der Waals surface area contributed by atoms with Crippen molar-refractivity contribution < 1.29 is 9.26 Å². The van der Waals surface area contributed by atoms with Gasteiger partial charge in [0.1, 0.15) is 6.61 Å². The Bertz CT molecular complexity index is 354. The lowest BCUT2D eigenvalue weighted by Crippen LogP contribution is -2.26. The van der Waals surface area contributed by atoms with Crippen LogP contribution in [0.3, 0.4) is 0 Å². The Morgan fingerprint density at radius 2 is 2.06 bits per heavy atom. The van der Waals surface area contributed by atoms with Gasteiger partial charge in [-0.3, -0.25) is 0 Å². The molecule has 0 radical (unpaired) electrons. The SMILES string of the molecule is CNCc1cc(COC2CC(C)CC(C)C2)on1. The van der Waals surface area contributed by atoms with Crippen LogP contribution in [0.2, 0.25) is 0 Å². The molecule has 0 spiro atoms. The molecule has 2 atom stereocenters. The predicted molar refractivity (Wildman–Crippen MR) is 70.0 cm³/mol. The standard InChI is InChI=1S/C14H24N2O2/c1-10-4-11(2)6-13(5-10)17-9-14-7-12(8-15-3)16-18-14/h7,10-11,13,15H,4-6,8-9H2,1-3H3. The molecule has 0 saturated heterocycles. The van der Waals surface area contributed by atoms with Crippen molar-refractivity contribution in [2.24, 2.45) is 11.8 Å². The monoisotopic (exact) mass is 252 g/mol. The van der Waals surface area contributed by atoms with Gasteiger partial charge in [0.25, 0.3) is 0 Å². The Balaban J connectivity index is 1.79. The molecule has 0 aliphatic heterocycles. The lowest BCUT2D eigenvalue weighted by atomic mass is 9.82. The molecule has 0 amide bonds. The van der Waals surface area contributed by atoms with Gasteiger partial charge in [-0.1, -0.05) is 19.0 Å². The van der Waals surface area contributed by atoms with E-state index in [1.807, 2.05) is 13.1 Å². The van der Waals surface area contributed by atoms with Crippen LogP contribution in [0, 0.1) is 11.8 Å². The van der Waals surface area contributed by atoms with E-state index in [9.17, 15) is 0 Å². The fraction of sp³-hybridized carbons (Fsp3) is 0.786. The van der Waals surface area contributed by atoms with Gasteiger partial charge in [0, 0.05) is 12.6 Å². The Hall–Kier alpha value is -0.870. The molecule has 1 heterocycles. The summed E-state index contributed by atoms with van der Waals surface area (Å²) in [6, 6.07) is 1.96. The van der Waals surface area contributed by atoms with Crippen LogP contribution in [0.25, 0.3) is 0 Å². The summed E-state index contributed by atoms with van der Waals surface area (Å²) in [7, 11) is 1.90. The normalized spacial score (nSPS) is 28.5. The lowest BCUT2D eigenvalue weighted by molar-refractivity contribution is -0.0172. The van der Waals surface area contributed by atoms with Crippen molar-refractivity contribution in [1.29, 1.82) is 0 Å². The summed E-state index contributed by atoms with van der Waals surface area (Å²) in [5.41, 5.74) is 0.932. The third-order valence-corrected chi connectivity index (χ3v) is 3.56. The quantitative estimate of drug-likeness (QED) is 0.875. The van der Waals surface area contributed by atoms with Crippen LogP contribution < -0.4 is 5.32 Å². The molecule has 4 heteroatoms. The largest absolute Gasteiger partial charge is 0.370 e. The Kier molecular flexibility index (Phi) is 4.78. The number of ether oxygens (including phenoxy) is 1. The highest BCUT2D eigenvalue weighted by Gasteiger charge is 2.24. The molecule has 2 rings (SSSR count). The van der Waals surface area contributed by atoms with E-state index in [0.717, 1.165) is 29.8 Å². The van der Waals surface area contributed by atoms with Crippen LogP contribution in [-0.2, 0) is 17.9 Å². The van der Waals surface area contributed by atoms with E-state index in [4.69, 9.17) is 9.26 Å². The molecule has 0 bridgehead atoms. The number of hydrogen-bond acceptors (Lipinski definition) is 4. The summed E-state index contributed by atoms with van der Waals surface area (Å²) in [6.07, 6.45) is 4.04. The molecule has 102 valence electrons. The minimum Gasteiger partial charge on any atom is -0.370 e. The second-order valence-electron chi connectivity index (χ2n) is 5.67. The molecule has 4 nitrogen and oxygen atoms in total. The summed E-state index contributed by atoms with van der Waals surface area (Å²) in [5.74, 6) is 2.37. The third-order valence-electron chi connectivity index (χ3n) is 3.56. The van der Waals surface area contributed by atoms with Crippen molar-refractivity contribution >= 4 is 0 Å². The topological polar surface area (TPSA) is 47.3 Å². The highest BCUT2D eigenvalue weighted by molar-refractivity contribution is 5.04. The van der Waals surface area contributed by atoms with Crippen molar-refractivity contribution in [2.45, 2.75) is 52.4 Å². The summed E-state index contributed by atoms with van der Waals surface area (Å²) in [6.45, 7) is 5.90. The molecule has 1 aromatic heterocycles. The number of nitrogens with one attached hydrogen (secondary N) is 1. The predicted octanol–water partition coefficient (Wildman–Crippen LogP) is 2.74. The first-order valence-electron chi connectivity index (χ1n) is 6.88. The lowest BCUT2D eigenvalue weighted by Gasteiger charge is -2.31. The van der Waals surface area contributed by atoms with Crippen molar-refractivity contribution in [3.05, 3.63) is 17.5 Å². The van der Waals surface area contributed by atoms with Crippen molar-refractivity contribution in [2.75, 3.05) is 7.05 Å². The number of aromatic nitrogens is 1. The average molecular weight is 252 g/mol. The minimum absolute atomic E-state index is 0.376. The summed E-state index contributed by atoms with van der Waals surface area (Å²) in [4.78, 5) is 0. The Morgan fingerprint density at radius 3 is 2.72 bits per heavy atom. The van der Waals surface area contributed by atoms with Gasteiger partial charge < -0.3 is 14.6 Å². The van der Waals surface area contributed by atoms with Crippen molar-refractivity contribution in [1.82, 2.24) is 10.5 Å². The first-order chi connectivity index (χ1) is 8.67. The molecule has 18 heavy (non-hydrogen) atoms. The first-order valence-corrected chi connectivity index (χ1v) is 6.88. The molecule has 1 N–H and O–H groups in total. The maximum atomic E-state index is 5.95. The summed E-state index contributed by atoms with van der Waals surface area (Å²) in [5, 5.41) is 7.03. The maximum Gasteiger partial charge on any atom is 0.162 e. The van der Waals surface area contributed by atoms with Gasteiger partial charge >= 0.3 is 0 Å². The summed E-state index contributed by atoms with van der Waals surface area (Å²) < 4.78 is 11.2. The van der Waals surface area contributed by atoms with E-state index >= 15 is 0 Å². The van der Waals surface area contributed by atoms with Crippen LogP contribution in [0.1, 0.15) is 44.6 Å². The van der Waals surface area contributed by atoms with E-state index in [1.54, 1.807) is 0 Å². The van der Waals surface area contributed by atoms with Crippen molar-refractivity contribution in [3.8, 4) is 0 Å². The highest BCUT2D eigenvalue weighted by Crippen LogP contribution is 2.30. The zero-order valence-electron chi connectivity index (χ0n) is 11.6. The minimum atomic E-state index is 0.376. The molecule has 1 aliphatic rings. The van der Waals surface area contributed by atoms with Gasteiger partial charge in [0.2, 0.25) is 0 Å². The first kappa shape index (κ1) is 13.6. The second kappa shape index (κ2) is 6.34. The maximum absolute atomic E-state index is 5.95. The summed E-state index contributed by atoms with van der Waals surface area (Å²) >= 11 is 0. The smallest absolute Gasteiger partial charge is 0.162 e. The zero-order chi connectivity index (χ0) is 13.0. The molecule has 1 saturated carbocycles. The van der Waals surface area contributed by atoms with Crippen LogP contribution in [-0.4, -0.2) is 18.3 Å². The number of rotatable bonds is 5. The molecular weight excluding hydrogens is 228 g/mol. The molecule has 0 aromatic carbocycles. The molecule has 1 aliphatic carbocycles. The van der Waals surface area contributed by atoms with Gasteiger partial charge in [-0.05, 0) is 38.1 Å². The van der Waals surface area contributed by atoms with Gasteiger partial charge in [0.05, 0.1) is 11.8 Å². The molecule has 1 fully saturated rings. The van der Waals surface area contributed by atoms with E-state index in [0.29, 0.717) is 12.7 Å². The zero-order valence-corrected chi connectivity index (χ0v) is 11.6. The van der Waals surface area contributed by atoms with Gasteiger partial charge in [0.15, 0.2) is 5.76 Å². The van der Waals surface area contributed by atoms with Crippen LogP contribution in [0.4, 0.5) is 0 Å². The number of nitrogens with zero attached hydrogens (tertiary/aromatic N) is 1. The van der Waals surface area contributed by atoms with Crippen LogP contribution >= 0.6 is 0 Å². The van der Waals surface area contributed by atoms with Gasteiger partial charge in [-0.25, -0.2) is 0 Å². The fourth-order valence-electron chi connectivity index (χ4n) is 2.90. The fourth-order valence-corrected chi connectivity index (χ4v) is 2.90.